The van der Waals surface area contributed by atoms with Gasteiger partial charge in [-0.25, -0.2) is 0 Å². The Morgan fingerprint density at radius 3 is 2.34 bits per heavy atom. The molecule has 2 atom stereocenters. The average Bonchev–Trinajstić information content (AvgIpc) is 3.61. The number of likely N-dealkylation sites (tertiary alicyclic amines) is 1. The highest BCUT2D eigenvalue weighted by Gasteiger charge is 2.36. The molecule has 1 fully saturated rings. The summed E-state index contributed by atoms with van der Waals surface area (Å²) in [4.78, 5) is 18.3. The summed E-state index contributed by atoms with van der Waals surface area (Å²) in [6.45, 7) is 13.2. The van der Waals surface area contributed by atoms with E-state index in [2.05, 4.69) is 105 Å². The van der Waals surface area contributed by atoms with Gasteiger partial charge in [0.05, 0.1) is 6.54 Å². The van der Waals surface area contributed by atoms with Gasteiger partial charge in [0.1, 0.15) is 0 Å². The lowest BCUT2D eigenvalue weighted by molar-refractivity contribution is -0.117. The lowest BCUT2D eigenvalue weighted by Crippen LogP contribution is -2.33. The van der Waals surface area contributed by atoms with Gasteiger partial charge >= 0.3 is 0 Å². The van der Waals surface area contributed by atoms with Gasteiger partial charge in [-0.05, 0) is 91.5 Å². The van der Waals surface area contributed by atoms with Crippen LogP contribution in [-0.4, -0.2) is 44.3 Å². The van der Waals surface area contributed by atoms with Crippen LogP contribution in [0.1, 0.15) is 79.0 Å². The fraction of sp³-hybridized carbons (Fsp3) is 0.457. The number of fused-ring (bicyclic) bond motifs is 1. The number of nitrogens with zero attached hydrogens (tertiary/aromatic N) is 2. The minimum Gasteiger partial charge on any atom is -0.454 e. The molecule has 2 heterocycles. The third kappa shape index (κ3) is 6.23. The molecule has 0 spiro atoms. The number of hydrogen-bond donors (Lipinski definition) is 1. The summed E-state index contributed by atoms with van der Waals surface area (Å²) in [5, 5.41) is 3.32. The van der Waals surface area contributed by atoms with Crippen molar-refractivity contribution in [2.75, 3.05) is 43.7 Å². The summed E-state index contributed by atoms with van der Waals surface area (Å²) in [7, 11) is 2.14. The minimum absolute atomic E-state index is 0.0464. The Balaban J connectivity index is 1.41. The van der Waals surface area contributed by atoms with Gasteiger partial charge in [-0.15, -0.1) is 0 Å². The summed E-state index contributed by atoms with van der Waals surface area (Å²) >= 11 is 0. The molecule has 5 rings (SSSR count). The molecule has 0 aliphatic carbocycles. The first-order valence-electron chi connectivity index (χ1n) is 15.2. The fourth-order valence-corrected chi connectivity index (χ4v) is 6.55. The third-order valence-electron chi connectivity index (χ3n) is 8.65. The van der Waals surface area contributed by atoms with Crippen molar-refractivity contribution >= 4 is 17.3 Å². The van der Waals surface area contributed by atoms with Gasteiger partial charge < -0.3 is 19.7 Å². The summed E-state index contributed by atoms with van der Waals surface area (Å²) in [6.07, 6.45) is 3.84. The molecular formula is C35H45N3O3. The smallest absolute Gasteiger partial charge is 0.238 e. The molecule has 0 aromatic heterocycles. The number of amides is 1. The molecule has 6 heteroatoms. The molecular weight excluding hydrogens is 510 g/mol. The monoisotopic (exact) mass is 555 g/mol. The van der Waals surface area contributed by atoms with E-state index >= 15 is 0 Å². The van der Waals surface area contributed by atoms with Crippen LogP contribution in [0.25, 0.3) is 0 Å². The zero-order valence-corrected chi connectivity index (χ0v) is 25.5. The number of carbonyl (C=O) groups is 1. The van der Waals surface area contributed by atoms with Crippen molar-refractivity contribution in [1.29, 1.82) is 0 Å². The van der Waals surface area contributed by atoms with Crippen LogP contribution >= 0.6 is 0 Å². The molecule has 1 saturated heterocycles. The first kappa shape index (κ1) is 29.0. The zero-order chi connectivity index (χ0) is 29.1. The summed E-state index contributed by atoms with van der Waals surface area (Å²) in [6, 6.07) is 17.8. The molecule has 2 aliphatic heterocycles. The molecule has 1 N–H and O–H groups in total. The van der Waals surface area contributed by atoms with Crippen molar-refractivity contribution in [1.82, 2.24) is 4.90 Å². The average molecular weight is 556 g/mol. The molecule has 3 aromatic rings. The SMILES string of the molecule is CCCN(C)c1ccc([C@H]2C[C@@H](c3cc(C)c4c(c3)OCO4)CN2CC(=O)Nc2c(CC)cc(C)cc2CC)cc1. The maximum absolute atomic E-state index is 13.6. The number of benzene rings is 3. The van der Waals surface area contributed by atoms with Crippen LogP contribution in [0.5, 0.6) is 11.5 Å². The Morgan fingerprint density at radius 2 is 1.68 bits per heavy atom. The topological polar surface area (TPSA) is 54.0 Å². The molecule has 2 aliphatic rings. The Bertz CT molecular complexity index is 1360. The molecule has 1 amide bonds. The van der Waals surface area contributed by atoms with Gasteiger partial charge in [-0.2, -0.15) is 0 Å². The number of rotatable bonds is 10. The Kier molecular flexibility index (Phi) is 8.88. The highest BCUT2D eigenvalue weighted by atomic mass is 16.7. The normalized spacial score (nSPS) is 18.1. The summed E-state index contributed by atoms with van der Waals surface area (Å²) < 4.78 is 11.4. The quantitative estimate of drug-likeness (QED) is 0.287. The minimum atomic E-state index is 0.0464. The molecule has 6 nitrogen and oxygen atoms in total. The third-order valence-corrected chi connectivity index (χ3v) is 8.65. The van der Waals surface area contributed by atoms with E-state index in [9.17, 15) is 4.79 Å². The first-order chi connectivity index (χ1) is 19.8. The number of carbonyl (C=O) groups excluding carboxylic acids is 1. The van der Waals surface area contributed by atoms with E-state index in [1.54, 1.807) is 0 Å². The molecule has 0 saturated carbocycles. The van der Waals surface area contributed by atoms with Crippen LogP contribution in [0.4, 0.5) is 11.4 Å². The maximum Gasteiger partial charge on any atom is 0.238 e. The van der Waals surface area contributed by atoms with Crippen LogP contribution < -0.4 is 19.7 Å². The lowest BCUT2D eigenvalue weighted by Gasteiger charge is -2.26. The van der Waals surface area contributed by atoms with Gasteiger partial charge in [0.25, 0.3) is 0 Å². The fourth-order valence-electron chi connectivity index (χ4n) is 6.55. The van der Waals surface area contributed by atoms with Crippen molar-refractivity contribution in [3.8, 4) is 11.5 Å². The second-order valence-corrected chi connectivity index (χ2v) is 11.7. The van der Waals surface area contributed by atoms with E-state index in [1.807, 2.05) is 0 Å². The number of anilines is 2. The van der Waals surface area contributed by atoms with Crippen molar-refractivity contribution in [2.45, 2.75) is 72.3 Å². The van der Waals surface area contributed by atoms with Crippen molar-refractivity contribution < 1.29 is 14.3 Å². The number of aryl methyl sites for hydroxylation is 4. The van der Waals surface area contributed by atoms with Gasteiger partial charge in [0.2, 0.25) is 12.7 Å². The van der Waals surface area contributed by atoms with E-state index in [1.165, 1.54) is 33.5 Å². The van der Waals surface area contributed by atoms with Crippen molar-refractivity contribution in [3.63, 3.8) is 0 Å². The van der Waals surface area contributed by atoms with Gasteiger partial charge in [0.15, 0.2) is 11.5 Å². The Morgan fingerprint density at radius 1 is 0.976 bits per heavy atom. The Labute approximate surface area is 245 Å². The van der Waals surface area contributed by atoms with E-state index in [0.29, 0.717) is 12.5 Å². The van der Waals surface area contributed by atoms with Crippen molar-refractivity contribution in [3.05, 3.63) is 81.9 Å². The second kappa shape index (κ2) is 12.6. The predicted octanol–water partition coefficient (Wildman–Crippen LogP) is 7.17. The largest absolute Gasteiger partial charge is 0.454 e. The molecule has 0 radical (unpaired) electrons. The van der Waals surface area contributed by atoms with E-state index in [4.69, 9.17) is 9.47 Å². The predicted molar refractivity (Wildman–Crippen MR) is 168 cm³/mol. The van der Waals surface area contributed by atoms with Gasteiger partial charge in [0, 0.05) is 37.6 Å². The molecule has 0 bridgehead atoms. The van der Waals surface area contributed by atoms with Crippen LogP contribution in [0.2, 0.25) is 0 Å². The second-order valence-electron chi connectivity index (χ2n) is 11.7. The molecule has 41 heavy (non-hydrogen) atoms. The highest BCUT2D eigenvalue weighted by molar-refractivity contribution is 5.94. The standard InChI is InChI=1S/C35H45N3O3/c1-7-14-37(6)30-12-10-27(11-13-30)31-18-29(28-17-24(5)35-32(19-28)40-22-41-35)20-38(31)21-33(39)36-34-25(8-2)15-23(4)16-26(34)9-3/h10-13,15-17,19,29,31H,7-9,14,18,20-22H2,1-6H3,(H,36,39)/t29-,31-/m1/s1. The number of nitrogens with one attached hydrogen (secondary N) is 1. The lowest BCUT2D eigenvalue weighted by atomic mass is 9.92. The molecule has 0 unspecified atom stereocenters. The van der Waals surface area contributed by atoms with Crippen LogP contribution in [0.3, 0.4) is 0 Å². The molecule has 218 valence electrons. The number of ether oxygens (including phenoxy) is 2. The van der Waals surface area contributed by atoms with Crippen LogP contribution in [0, 0.1) is 13.8 Å². The summed E-state index contributed by atoms with van der Waals surface area (Å²) in [5.74, 6) is 2.02. The van der Waals surface area contributed by atoms with Gasteiger partial charge in [-0.3, -0.25) is 9.69 Å². The summed E-state index contributed by atoms with van der Waals surface area (Å²) in [5.41, 5.74) is 9.47. The first-order valence-corrected chi connectivity index (χ1v) is 15.2. The Hall–Kier alpha value is -3.51. The van der Waals surface area contributed by atoms with Gasteiger partial charge in [-0.1, -0.05) is 56.7 Å². The van der Waals surface area contributed by atoms with E-state index < -0.39 is 0 Å². The molecule has 3 aromatic carbocycles. The van der Waals surface area contributed by atoms with E-state index in [0.717, 1.165) is 61.5 Å². The zero-order valence-electron chi connectivity index (χ0n) is 25.5. The van der Waals surface area contributed by atoms with Crippen LogP contribution in [0.15, 0.2) is 48.5 Å². The maximum atomic E-state index is 13.6. The van der Waals surface area contributed by atoms with Crippen LogP contribution in [-0.2, 0) is 17.6 Å². The van der Waals surface area contributed by atoms with E-state index in [-0.39, 0.29) is 18.7 Å². The number of hydrogen-bond acceptors (Lipinski definition) is 5. The highest BCUT2D eigenvalue weighted by Crippen LogP contribution is 2.44. The van der Waals surface area contributed by atoms with Crippen molar-refractivity contribution in [2.24, 2.45) is 0 Å².